The van der Waals surface area contributed by atoms with Gasteiger partial charge in [0.05, 0.1) is 30.8 Å². The molecular weight excluding hydrogens is 302 g/mol. The number of carbonyl (C=O) groups excluding carboxylic acids is 1. The van der Waals surface area contributed by atoms with E-state index in [0.717, 1.165) is 30.6 Å². The molecule has 0 bridgehead atoms. The number of aliphatic hydroxyl groups is 2. The summed E-state index contributed by atoms with van der Waals surface area (Å²) in [5, 5.41) is 20.8. The predicted octanol–water partition coefficient (Wildman–Crippen LogP) is 1.14. The van der Waals surface area contributed by atoms with E-state index in [1.807, 2.05) is 11.4 Å². The normalized spacial score (nSPS) is 28.0. The van der Waals surface area contributed by atoms with Gasteiger partial charge in [-0.25, -0.2) is 0 Å². The third-order valence-electron chi connectivity index (χ3n) is 4.79. The van der Waals surface area contributed by atoms with E-state index in [1.165, 1.54) is 0 Å². The lowest BCUT2D eigenvalue weighted by Gasteiger charge is -2.41. The lowest BCUT2D eigenvalue weighted by molar-refractivity contribution is -0.157. The smallest absolute Gasteiger partial charge is 0.234 e. The highest BCUT2D eigenvalue weighted by Gasteiger charge is 2.47. The number of ether oxygens (including phenoxy) is 1. The Balaban J connectivity index is 1.84. The van der Waals surface area contributed by atoms with Crippen LogP contribution in [0, 0.1) is 0 Å². The number of rotatable bonds is 4. The Morgan fingerprint density at radius 2 is 1.91 bits per heavy atom. The van der Waals surface area contributed by atoms with Crippen molar-refractivity contribution in [3.63, 3.8) is 0 Å². The summed E-state index contributed by atoms with van der Waals surface area (Å²) in [5.41, 5.74) is -0.411. The number of thiophene rings is 1. The molecule has 0 spiro atoms. The maximum Gasteiger partial charge on any atom is 0.234 e. The second-order valence-electron chi connectivity index (χ2n) is 6.22. The number of morpholine rings is 1. The van der Waals surface area contributed by atoms with Crippen LogP contribution < -0.4 is 0 Å². The molecule has 2 heterocycles. The Morgan fingerprint density at radius 3 is 2.41 bits per heavy atom. The molecule has 2 atom stereocenters. The van der Waals surface area contributed by atoms with Crippen molar-refractivity contribution in [3.8, 4) is 0 Å². The zero-order valence-corrected chi connectivity index (χ0v) is 13.4. The molecule has 1 saturated carbocycles. The van der Waals surface area contributed by atoms with E-state index in [-0.39, 0.29) is 19.1 Å². The van der Waals surface area contributed by atoms with Crippen LogP contribution in [0.2, 0.25) is 0 Å². The molecule has 22 heavy (non-hydrogen) atoms. The topological polar surface area (TPSA) is 70.0 Å². The maximum atomic E-state index is 13.3. The van der Waals surface area contributed by atoms with Gasteiger partial charge < -0.3 is 19.8 Å². The number of aliphatic hydroxyl groups excluding tert-OH is 2. The van der Waals surface area contributed by atoms with Gasteiger partial charge in [0, 0.05) is 18.0 Å². The molecule has 0 radical (unpaired) electrons. The van der Waals surface area contributed by atoms with Gasteiger partial charge in [-0.15, -0.1) is 11.3 Å². The highest BCUT2D eigenvalue weighted by molar-refractivity contribution is 7.10. The van der Waals surface area contributed by atoms with Gasteiger partial charge in [0.2, 0.25) is 5.91 Å². The Hall–Kier alpha value is -0.950. The average Bonchev–Trinajstić information content (AvgIpc) is 3.25. The summed E-state index contributed by atoms with van der Waals surface area (Å²) < 4.78 is 5.56. The van der Waals surface area contributed by atoms with E-state index in [1.54, 1.807) is 16.2 Å². The SMILES string of the molecule is O=C(N1C[C@H](CO)O[C@@H](CO)C1)C1(c2cccs2)CCCC1. The molecule has 2 fully saturated rings. The van der Waals surface area contributed by atoms with Crippen LogP contribution in [0.1, 0.15) is 30.6 Å². The first-order valence-electron chi connectivity index (χ1n) is 7.90. The molecule has 0 aromatic carbocycles. The van der Waals surface area contributed by atoms with Crippen molar-refractivity contribution in [2.75, 3.05) is 26.3 Å². The summed E-state index contributed by atoms with van der Waals surface area (Å²) in [6, 6.07) is 4.06. The van der Waals surface area contributed by atoms with Crippen molar-refractivity contribution in [1.29, 1.82) is 0 Å². The van der Waals surface area contributed by atoms with E-state index >= 15 is 0 Å². The van der Waals surface area contributed by atoms with Crippen molar-refractivity contribution in [2.24, 2.45) is 0 Å². The molecular formula is C16H23NO4S. The lowest BCUT2D eigenvalue weighted by Crippen LogP contribution is -2.56. The lowest BCUT2D eigenvalue weighted by atomic mass is 9.82. The molecule has 1 aliphatic heterocycles. The fourth-order valence-electron chi connectivity index (χ4n) is 3.69. The quantitative estimate of drug-likeness (QED) is 0.871. The predicted molar refractivity (Wildman–Crippen MR) is 83.9 cm³/mol. The first kappa shape index (κ1) is 15.9. The monoisotopic (exact) mass is 325 g/mol. The molecule has 122 valence electrons. The minimum Gasteiger partial charge on any atom is -0.394 e. The number of amides is 1. The van der Waals surface area contributed by atoms with Gasteiger partial charge in [-0.3, -0.25) is 4.79 Å². The van der Waals surface area contributed by atoms with E-state index in [4.69, 9.17) is 4.74 Å². The van der Waals surface area contributed by atoms with Crippen molar-refractivity contribution in [2.45, 2.75) is 43.3 Å². The Bertz CT molecular complexity index is 486. The minimum atomic E-state index is -0.411. The highest BCUT2D eigenvalue weighted by Crippen LogP contribution is 2.44. The van der Waals surface area contributed by atoms with Crippen LogP contribution >= 0.6 is 11.3 Å². The molecule has 5 nitrogen and oxygen atoms in total. The molecule has 2 aliphatic rings. The molecule has 1 saturated heterocycles. The fourth-order valence-corrected chi connectivity index (χ4v) is 4.67. The zero-order valence-electron chi connectivity index (χ0n) is 12.6. The summed E-state index contributed by atoms with van der Waals surface area (Å²) in [7, 11) is 0. The van der Waals surface area contributed by atoms with Gasteiger partial charge in [0.25, 0.3) is 0 Å². The van der Waals surface area contributed by atoms with Crippen LogP contribution in [0.5, 0.6) is 0 Å². The third kappa shape index (κ3) is 2.80. The Morgan fingerprint density at radius 1 is 1.27 bits per heavy atom. The van der Waals surface area contributed by atoms with E-state index in [9.17, 15) is 15.0 Å². The first-order valence-corrected chi connectivity index (χ1v) is 8.78. The van der Waals surface area contributed by atoms with Crippen molar-refractivity contribution >= 4 is 17.2 Å². The minimum absolute atomic E-state index is 0.132. The van der Waals surface area contributed by atoms with Crippen LogP contribution in [-0.4, -0.2) is 59.5 Å². The van der Waals surface area contributed by atoms with Gasteiger partial charge in [-0.2, -0.15) is 0 Å². The second kappa shape index (κ2) is 6.66. The largest absolute Gasteiger partial charge is 0.394 e. The summed E-state index contributed by atoms with van der Waals surface area (Å²) in [6.07, 6.45) is 3.10. The number of carbonyl (C=O) groups is 1. The highest BCUT2D eigenvalue weighted by atomic mass is 32.1. The first-order chi connectivity index (χ1) is 10.7. The van der Waals surface area contributed by atoms with Gasteiger partial charge in [0.1, 0.15) is 0 Å². The third-order valence-corrected chi connectivity index (χ3v) is 5.86. The van der Waals surface area contributed by atoms with Crippen LogP contribution in [0.3, 0.4) is 0 Å². The summed E-state index contributed by atoms with van der Waals surface area (Å²) in [6.45, 7) is 0.538. The molecule has 0 unspecified atom stereocenters. The fraction of sp³-hybridized carbons (Fsp3) is 0.688. The Kier molecular flexibility index (Phi) is 4.82. The number of hydrogen-bond donors (Lipinski definition) is 2. The zero-order chi connectivity index (χ0) is 15.6. The Labute approximate surface area is 134 Å². The van der Waals surface area contributed by atoms with Crippen molar-refractivity contribution < 1.29 is 19.7 Å². The standard InChI is InChI=1S/C16H23NO4S/c18-10-12-8-17(9-13(11-19)21-12)15(20)16(5-1-2-6-16)14-4-3-7-22-14/h3-4,7,12-13,18-19H,1-2,5-6,8-11H2/t12-,13-/m1/s1. The molecule has 3 rings (SSSR count). The van der Waals surface area contributed by atoms with E-state index < -0.39 is 17.6 Å². The average molecular weight is 325 g/mol. The van der Waals surface area contributed by atoms with Gasteiger partial charge in [0.15, 0.2) is 0 Å². The van der Waals surface area contributed by atoms with Crippen LogP contribution in [0.25, 0.3) is 0 Å². The van der Waals surface area contributed by atoms with Crippen molar-refractivity contribution in [1.82, 2.24) is 4.90 Å². The van der Waals surface area contributed by atoms with Gasteiger partial charge in [-0.1, -0.05) is 18.9 Å². The molecule has 6 heteroatoms. The molecule has 1 amide bonds. The molecule has 1 aromatic rings. The van der Waals surface area contributed by atoms with Crippen LogP contribution in [-0.2, 0) is 14.9 Å². The van der Waals surface area contributed by atoms with Gasteiger partial charge >= 0.3 is 0 Å². The second-order valence-corrected chi connectivity index (χ2v) is 7.17. The molecule has 1 aliphatic carbocycles. The van der Waals surface area contributed by atoms with Crippen LogP contribution in [0.4, 0.5) is 0 Å². The van der Waals surface area contributed by atoms with Gasteiger partial charge in [-0.05, 0) is 24.3 Å². The number of nitrogens with zero attached hydrogens (tertiary/aromatic N) is 1. The van der Waals surface area contributed by atoms with Crippen molar-refractivity contribution in [3.05, 3.63) is 22.4 Å². The summed E-state index contributed by atoms with van der Waals surface area (Å²) in [4.78, 5) is 16.2. The maximum absolute atomic E-state index is 13.3. The van der Waals surface area contributed by atoms with Crippen LogP contribution in [0.15, 0.2) is 17.5 Å². The van der Waals surface area contributed by atoms with E-state index in [2.05, 4.69) is 6.07 Å². The summed E-state index contributed by atoms with van der Waals surface area (Å²) >= 11 is 1.65. The van der Waals surface area contributed by atoms with E-state index in [0.29, 0.717) is 13.1 Å². The molecule has 1 aromatic heterocycles. The number of hydrogen-bond acceptors (Lipinski definition) is 5. The molecule has 2 N–H and O–H groups in total. The summed E-state index contributed by atoms with van der Waals surface area (Å²) in [5.74, 6) is 0.132.